The number of carboxylic acids is 1. The molecule has 23 heavy (non-hydrogen) atoms. The summed E-state index contributed by atoms with van der Waals surface area (Å²) in [5.74, 6) is -1.07. The molecule has 0 unspecified atom stereocenters. The van der Waals surface area contributed by atoms with E-state index in [-0.39, 0.29) is 0 Å². The Labute approximate surface area is 131 Å². The van der Waals surface area contributed by atoms with Crippen LogP contribution in [0.25, 0.3) is 10.8 Å². The maximum absolute atomic E-state index is 11.1. The number of aliphatic carboxylic acids is 1. The van der Waals surface area contributed by atoms with Gasteiger partial charge in [-0.15, -0.1) is 0 Å². The summed E-state index contributed by atoms with van der Waals surface area (Å²) in [6, 6.07) is 12.6. The summed E-state index contributed by atoms with van der Waals surface area (Å²) in [5, 5.41) is 40.1. The van der Waals surface area contributed by atoms with Gasteiger partial charge in [-0.1, -0.05) is 36.4 Å². The van der Waals surface area contributed by atoms with E-state index in [9.17, 15) is 20.1 Å². The van der Waals surface area contributed by atoms with Gasteiger partial charge in [-0.25, -0.2) is 4.79 Å². The second-order valence-corrected chi connectivity index (χ2v) is 5.33. The van der Waals surface area contributed by atoms with Crippen molar-refractivity contribution >= 4 is 16.7 Å². The maximum Gasteiger partial charge on any atom is 0.335 e. The van der Waals surface area contributed by atoms with Crippen LogP contribution in [0.4, 0.5) is 0 Å². The van der Waals surface area contributed by atoms with Gasteiger partial charge in [0.2, 0.25) is 6.29 Å². The molecule has 1 saturated heterocycles. The minimum atomic E-state index is -1.74. The molecule has 0 bridgehead atoms. The van der Waals surface area contributed by atoms with Gasteiger partial charge in [0.15, 0.2) is 6.10 Å². The van der Waals surface area contributed by atoms with E-state index in [4.69, 9.17) is 14.6 Å². The predicted octanol–water partition coefficient (Wildman–Crippen LogP) is 0.111. The number of fused-ring (bicyclic) bond motifs is 1. The molecular formula is C16H16O7. The summed E-state index contributed by atoms with van der Waals surface area (Å²) < 4.78 is 10.7. The van der Waals surface area contributed by atoms with Crippen LogP contribution in [0.2, 0.25) is 0 Å². The number of benzene rings is 2. The van der Waals surface area contributed by atoms with Crippen molar-refractivity contribution < 1.29 is 34.7 Å². The SMILES string of the molecule is O=C(O)[C@@H]1O[C@@H](Oc2cccc3ccccc23)[C@@H](O)[C@H](O)[C@@H]1O. The lowest BCUT2D eigenvalue weighted by atomic mass is 9.99. The van der Waals surface area contributed by atoms with Crippen molar-refractivity contribution in [2.75, 3.05) is 0 Å². The quantitative estimate of drug-likeness (QED) is 0.634. The zero-order valence-corrected chi connectivity index (χ0v) is 11.9. The molecule has 5 atom stereocenters. The molecular weight excluding hydrogens is 304 g/mol. The number of ether oxygens (including phenoxy) is 2. The highest BCUT2D eigenvalue weighted by Crippen LogP contribution is 2.29. The Balaban J connectivity index is 1.90. The number of carboxylic acid groups (broad SMARTS) is 1. The van der Waals surface area contributed by atoms with Crippen molar-refractivity contribution in [1.82, 2.24) is 0 Å². The number of aliphatic hydroxyl groups is 3. The molecule has 7 nitrogen and oxygen atoms in total. The molecule has 4 N–H and O–H groups in total. The first kappa shape index (κ1) is 15.7. The highest BCUT2D eigenvalue weighted by atomic mass is 16.7. The fourth-order valence-corrected chi connectivity index (χ4v) is 2.57. The van der Waals surface area contributed by atoms with Crippen molar-refractivity contribution in [2.45, 2.75) is 30.7 Å². The van der Waals surface area contributed by atoms with E-state index in [0.29, 0.717) is 5.75 Å². The first-order chi connectivity index (χ1) is 11.0. The number of carbonyl (C=O) groups is 1. The van der Waals surface area contributed by atoms with Gasteiger partial charge in [-0.2, -0.15) is 0 Å². The molecule has 0 amide bonds. The first-order valence-electron chi connectivity index (χ1n) is 7.06. The average molecular weight is 320 g/mol. The van der Waals surface area contributed by atoms with Crippen molar-refractivity contribution in [2.24, 2.45) is 0 Å². The minimum Gasteiger partial charge on any atom is -0.479 e. The summed E-state index contributed by atoms with van der Waals surface area (Å²) in [6.45, 7) is 0. The van der Waals surface area contributed by atoms with Crippen LogP contribution >= 0.6 is 0 Å². The number of rotatable bonds is 3. The second-order valence-electron chi connectivity index (χ2n) is 5.33. The molecule has 122 valence electrons. The molecule has 0 spiro atoms. The Bertz CT molecular complexity index is 711. The third-order valence-corrected chi connectivity index (χ3v) is 3.81. The molecule has 1 aliphatic heterocycles. The third kappa shape index (κ3) is 2.87. The van der Waals surface area contributed by atoms with E-state index in [1.807, 2.05) is 24.3 Å². The Morgan fingerprint density at radius 1 is 0.957 bits per heavy atom. The first-order valence-corrected chi connectivity index (χ1v) is 7.06. The standard InChI is InChI=1S/C16H16O7/c17-11-12(18)14(15(20)21)23-16(13(11)19)22-10-7-3-5-8-4-1-2-6-9(8)10/h1-7,11-14,16-19H,(H,20,21)/t11-,12+,13+,14-,16-/m1/s1. The van der Waals surface area contributed by atoms with Crippen LogP contribution in [-0.4, -0.2) is 57.1 Å². The molecule has 0 saturated carbocycles. The smallest absolute Gasteiger partial charge is 0.335 e. The monoisotopic (exact) mass is 320 g/mol. The van der Waals surface area contributed by atoms with Crippen LogP contribution in [0, 0.1) is 0 Å². The Kier molecular flexibility index (Phi) is 4.18. The van der Waals surface area contributed by atoms with Crippen LogP contribution in [0.1, 0.15) is 0 Å². The highest BCUT2D eigenvalue weighted by Gasteiger charge is 2.48. The number of aliphatic hydroxyl groups excluding tert-OH is 3. The van der Waals surface area contributed by atoms with Crippen LogP contribution < -0.4 is 4.74 Å². The lowest BCUT2D eigenvalue weighted by Crippen LogP contribution is -2.61. The largest absolute Gasteiger partial charge is 0.479 e. The van der Waals surface area contributed by atoms with E-state index in [2.05, 4.69) is 0 Å². The normalized spacial score (nSPS) is 31.0. The molecule has 7 heteroatoms. The maximum atomic E-state index is 11.1. The van der Waals surface area contributed by atoms with Crippen molar-refractivity contribution in [3.63, 3.8) is 0 Å². The summed E-state index contributed by atoms with van der Waals surface area (Å²) >= 11 is 0. The third-order valence-electron chi connectivity index (χ3n) is 3.81. The Morgan fingerprint density at radius 2 is 1.65 bits per heavy atom. The average Bonchev–Trinajstić information content (AvgIpc) is 2.55. The van der Waals surface area contributed by atoms with Gasteiger partial charge < -0.3 is 29.9 Å². The van der Waals surface area contributed by atoms with Crippen LogP contribution in [0.5, 0.6) is 5.75 Å². The molecule has 2 aromatic rings. The summed E-state index contributed by atoms with van der Waals surface area (Å²) in [6.07, 6.45) is -8.12. The van der Waals surface area contributed by atoms with Gasteiger partial charge in [-0.3, -0.25) is 0 Å². The van der Waals surface area contributed by atoms with E-state index >= 15 is 0 Å². The van der Waals surface area contributed by atoms with Crippen LogP contribution in [0.3, 0.4) is 0 Å². The Hall–Kier alpha value is -2.19. The zero-order chi connectivity index (χ0) is 16.6. The van der Waals surface area contributed by atoms with Crippen LogP contribution in [-0.2, 0) is 9.53 Å². The lowest BCUT2D eigenvalue weighted by molar-refractivity contribution is -0.270. The highest BCUT2D eigenvalue weighted by molar-refractivity contribution is 5.88. The van der Waals surface area contributed by atoms with Crippen molar-refractivity contribution in [1.29, 1.82) is 0 Å². The molecule has 3 rings (SSSR count). The van der Waals surface area contributed by atoms with E-state index in [0.717, 1.165) is 10.8 Å². The molecule has 0 aliphatic carbocycles. The molecule has 1 heterocycles. The van der Waals surface area contributed by atoms with E-state index in [1.54, 1.807) is 18.2 Å². The zero-order valence-electron chi connectivity index (χ0n) is 11.9. The van der Waals surface area contributed by atoms with Crippen molar-refractivity contribution in [3.8, 4) is 5.75 Å². The van der Waals surface area contributed by atoms with Gasteiger partial charge in [0.1, 0.15) is 24.1 Å². The number of hydrogen-bond acceptors (Lipinski definition) is 6. The van der Waals surface area contributed by atoms with Gasteiger partial charge >= 0.3 is 5.97 Å². The van der Waals surface area contributed by atoms with Gasteiger partial charge in [0.05, 0.1) is 0 Å². The second kappa shape index (κ2) is 6.13. The van der Waals surface area contributed by atoms with Gasteiger partial charge in [0, 0.05) is 5.39 Å². The van der Waals surface area contributed by atoms with Crippen LogP contribution in [0.15, 0.2) is 42.5 Å². The van der Waals surface area contributed by atoms with E-state index in [1.165, 1.54) is 0 Å². The fraction of sp³-hybridized carbons (Fsp3) is 0.312. The molecule has 2 aromatic carbocycles. The molecule has 0 aromatic heterocycles. The molecule has 1 aliphatic rings. The Morgan fingerprint density at radius 3 is 2.39 bits per heavy atom. The van der Waals surface area contributed by atoms with Gasteiger partial charge in [-0.05, 0) is 11.5 Å². The lowest BCUT2D eigenvalue weighted by Gasteiger charge is -2.38. The minimum absolute atomic E-state index is 0.375. The molecule has 1 fully saturated rings. The summed E-state index contributed by atoms with van der Waals surface area (Å²) in [7, 11) is 0. The van der Waals surface area contributed by atoms with Gasteiger partial charge in [0.25, 0.3) is 0 Å². The summed E-state index contributed by atoms with van der Waals surface area (Å²) in [4.78, 5) is 11.1. The topological polar surface area (TPSA) is 116 Å². The van der Waals surface area contributed by atoms with Crippen molar-refractivity contribution in [3.05, 3.63) is 42.5 Å². The number of hydrogen-bond donors (Lipinski definition) is 4. The summed E-state index contributed by atoms with van der Waals surface area (Å²) in [5.41, 5.74) is 0. The molecule has 0 radical (unpaired) electrons. The van der Waals surface area contributed by atoms with E-state index < -0.39 is 36.7 Å². The predicted molar refractivity (Wildman–Crippen MR) is 78.9 cm³/mol. The fourth-order valence-electron chi connectivity index (χ4n) is 2.57.